The molecule has 0 amide bonds. The third-order valence-corrected chi connectivity index (χ3v) is 3.52. The summed E-state index contributed by atoms with van der Waals surface area (Å²) in [7, 11) is 0. The number of nitrogens with one attached hydrogen (secondary N) is 1. The first-order chi connectivity index (χ1) is 9.72. The molecule has 0 radical (unpaired) electrons. The molecule has 7 heteroatoms. The van der Waals surface area contributed by atoms with Crippen LogP contribution in [0.1, 0.15) is 44.2 Å². The molecular weight excluding hydrogens is 285 g/mol. The van der Waals surface area contributed by atoms with Gasteiger partial charge < -0.3 is 5.32 Å². The standard InChI is InChI=1S/C14H19F3N2O2/c1-4-11(9(3)18-5-2)10-6-7-13(19(20)21)12(8-10)14(15,16)17/h6-9,11,18H,4-5H2,1-3H3. The first-order valence-electron chi connectivity index (χ1n) is 6.81. The van der Waals surface area contributed by atoms with E-state index in [0.29, 0.717) is 18.5 Å². The van der Waals surface area contributed by atoms with Gasteiger partial charge in [0.05, 0.1) is 4.92 Å². The van der Waals surface area contributed by atoms with Crippen molar-refractivity contribution in [3.8, 4) is 0 Å². The van der Waals surface area contributed by atoms with Crippen LogP contribution < -0.4 is 5.32 Å². The first-order valence-corrected chi connectivity index (χ1v) is 6.81. The summed E-state index contributed by atoms with van der Waals surface area (Å²) in [6.07, 6.45) is -4.10. The van der Waals surface area contributed by atoms with Crippen molar-refractivity contribution in [3.05, 3.63) is 39.4 Å². The molecule has 0 saturated heterocycles. The highest BCUT2D eigenvalue weighted by Gasteiger charge is 2.39. The number of benzene rings is 1. The van der Waals surface area contributed by atoms with Gasteiger partial charge in [0.2, 0.25) is 0 Å². The molecule has 0 aliphatic heterocycles. The van der Waals surface area contributed by atoms with Gasteiger partial charge in [0, 0.05) is 12.1 Å². The van der Waals surface area contributed by atoms with Gasteiger partial charge in [-0.05, 0) is 37.4 Å². The Bertz CT molecular complexity index is 503. The Labute approximate surface area is 121 Å². The molecule has 0 heterocycles. The van der Waals surface area contributed by atoms with Gasteiger partial charge in [-0.3, -0.25) is 10.1 Å². The Hall–Kier alpha value is -1.63. The van der Waals surface area contributed by atoms with Crippen molar-refractivity contribution in [2.45, 2.75) is 45.3 Å². The van der Waals surface area contributed by atoms with Crippen molar-refractivity contribution in [3.63, 3.8) is 0 Å². The lowest BCUT2D eigenvalue weighted by Gasteiger charge is -2.24. The predicted octanol–water partition coefficient (Wildman–Crippen LogP) is 4.11. The molecule has 1 N–H and O–H groups in total. The molecule has 0 aliphatic rings. The van der Waals surface area contributed by atoms with Crippen LogP contribution in [-0.4, -0.2) is 17.5 Å². The molecule has 0 aliphatic carbocycles. The lowest BCUT2D eigenvalue weighted by atomic mass is 9.88. The van der Waals surface area contributed by atoms with E-state index >= 15 is 0 Å². The number of alkyl halides is 3. The molecule has 0 saturated carbocycles. The summed E-state index contributed by atoms with van der Waals surface area (Å²) in [5, 5.41) is 13.9. The highest BCUT2D eigenvalue weighted by Crippen LogP contribution is 2.38. The average Bonchev–Trinajstić information content (AvgIpc) is 2.38. The lowest BCUT2D eigenvalue weighted by Crippen LogP contribution is -2.31. The fourth-order valence-corrected chi connectivity index (χ4v) is 2.51. The maximum Gasteiger partial charge on any atom is 0.423 e. The Morgan fingerprint density at radius 2 is 1.95 bits per heavy atom. The highest BCUT2D eigenvalue weighted by atomic mass is 19.4. The maximum absolute atomic E-state index is 13.0. The average molecular weight is 304 g/mol. The Morgan fingerprint density at radius 3 is 2.38 bits per heavy atom. The van der Waals surface area contributed by atoms with E-state index in [1.807, 2.05) is 20.8 Å². The number of halogens is 3. The first kappa shape index (κ1) is 17.4. The van der Waals surface area contributed by atoms with E-state index in [0.717, 1.165) is 12.1 Å². The number of hydrogen-bond donors (Lipinski definition) is 1. The third-order valence-electron chi connectivity index (χ3n) is 3.52. The molecule has 4 nitrogen and oxygen atoms in total. The van der Waals surface area contributed by atoms with E-state index in [1.165, 1.54) is 6.07 Å². The third kappa shape index (κ3) is 4.17. The van der Waals surface area contributed by atoms with Crippen molar-refractivity contribution in [1.82, 2.24) is 5.32 Å². The Morgan fingerprint density at radius 1 is 1.33 bits per heavy atom. The van der Waals surface area contributed by atoms with Crippen molar-refractivity contribution in [1.29, 1.82) is 0 Å². The van der Waals surface area contributed by atoms with Crippen molar-refractivity contribution in [2.75, 3.05) is 6.54 Å². The van der Waals surface area contributed by atoms with Crippen molar-refractivity contribution >= 4 is 5.69 Å². The largest absolute Gasteiger partial charge is 0.423 e. The van der Waals surface area contributed by atoms with E-state index < -0.39 is 22.4 Å². The zero-order valence-electron chi connectivity index (χ0n) is 12.2. The van der Waals surface area contributed by atoms with Crippen LogP contribution in [0, 0.1) is 10.1 Å². The van der Waals surface area contributed by atoms with Gasteiger partial charge in [-0.1, -0.05) is 19.9 Å². The van der Waals surface area contributed by atoms with E-state index in [-0.39, 0.29) is 12.0 Å². The van der Waals surface area contributed by atoms with Gasteiger partial charge in [-0.15, -0.1) is 0 Å². The van der Waals surface area contributed by atoms with Crippen LogP contribution in [0.3, 0.4) is 0 Å². The van der Waals surface area contributed by atoms with E-state index in [2.05, 4.69) is 5.32 Å². The summed E-state index contributed by atoms with van der Waals surface area (Å²) in [5.74, 6) is -0.133. The minimum Gasteiger partial charge on any atom is -0.314 e. The maximum atomic E-state index is 13.0. The minimum atomic E-state index is -4.74. The second-order valence-electron chi connectivity index (χ2n) is 4.89. The molecular formula is C14H19F3N2O2. The Balaban J connectivity index is 3.29. The van der Waals surface area contributed by atoms with Gasteiger partial charge in [-0.25, -0.2) is 0 Å². The fourth-order valence-electron chi connectivity index (χ4n) is 2.51. The summed E-state index contributed by atoms with van der Waals surface area (Å²) >= 11 is 0. The van der Waals surface area contributed by atoms with Crippen LogP contribution in [0.5, 0.6) is 0 Å². The summed E-state index contributed by atoms with van der Waals surface area (Å²) in [6, 6.07) is 3.25. The molecule has 2 unspecified atom stereocenters. The molecule has 1 aromatic carbocycles. The molecule has 0 bridgehead atoms. The number of rotatable bonds is 6. The van der Waals surface area contributed by atoms with Gasteiger partial charge in [0.1, 0.15) is 5.56 Å². The van der Waals surface area contributed by atoms with Crippen molar-refractivity contribution < 1.29 is 18.1 Å². The number of likely N-dealkylation sites (N-methyl/N-ethyl adjacent to an activating group) is 1. The summed E-state index contributed by atoms with van der Waals surface area (Å²) < 4.78 is 39.0. The summed E-state index contributed by atoms with van der Waals surface area (Å²) in [6.45, 7) is 6.40. The molecule has 1 aromatic rings. The van der Waals surface area contributed by atoms with Crippen molar-refractivity contribution in [2.24, 2.45) is 0 Å². The minimum absolute atomic E-state index is 0.0115. The van der Waals surface area contributed by atoms with Crippen LogP contribution in [0.2, 0.25) is 0 Å². The quantitative estimate of drug-likeness (QED) is 0.635. The molecule has 21 heavy (non-hydrogen) atoms. The molecule has 2 atom stereocenters. The van der Waals surface area contributed by atoms with E-state index in [1.54, 1.807) is 0 Å². The zero-order valence-corrected chi connectivity index (χ0v) is 12.2. The summed E-state index contributed by atoms with van der Waals surface area (Å²) in [4.78, 5) is 9.75. The molecule has 0 spiro atoms. The monoisotopic (exact) mass is 304 g/mol. The lowest BCUT2D eigenvalue weighted by molar-refractivity contribution is -0.388. The van der Waals surface area contributed by atoms with Gasteiger partial charge in [0.25, 0.3) is 5.69 Å². The molecule has 0 fully saturated rings. The summed E-state index contributed by atoms with van der Waals surface area (Å²) in [5.41, 5.74) is -1.63. The van der Waals surface area contributed by atoms with Crippen LogP contribution in [0.15, 0.2) is 18.2 Å². The second kappa shape index (κ2) is 6.89. The normalized spacial score (nSPS) is 14.8. The van der Waals surface area contributed by atoms with E-state index in [4.69, 9.17) is 0 Å². The number of hydrogen-bond acceptors (Lipinski definition) is 3. The Kier molecular flexibility index (Phi) is 5.71. The number of nitro groups is 1. The number of nitro benzene ring substituents is 1. The van der Waals surface area contributed by atoms with Gasteiger partial charge >= 0.3 is 6.18 Å². The molecule has 0 aromatic heterocycles. The molecule has 118 valence electrons. The van der Waals surface area contributed by atoms with Crippen LogP contribution >= 0.6 is 0 Å². The topological polar surface area (TPSA) is 55.2 Å². The highest BCUT2D eigenvalue weighted by molar-refractivity contribution is 5.45. The SMILES string of the molecule is CCNC(C)C(CC)c1ccc([N+](=O)[O-])c(C(F)(F)F)c1. The van der Waals surface area contributed by atoms with Crippen LogP contribution in [0.25, 0.3) is 0 Å². The second-order valence-corrected chi connectivity index (χ2v) is 4.89. The number of nitrogens with zero attached hydrogens (tertiary/aromatic N) is 1. The zero-order chi connectivity index (χ0) is 16.2. The van der Waals surface area contributed by atoms with Crippen LogP contribution in [0.4, 0.5) is 18.9 Å². The van der Waals surface area contributed by atoms with Crippen LogP contribution in [-0.2, 0) is 6.18 Å². The smallest absolute Gasteiger partial charge is 0.314 e. The van der Waals surface area contributed by atoms with Gasteiger partial charge in [0.15, 0.2) is 0 Å². The predicted molar refractivity (Wildman–Crippen MR) is 74.3 cm³/mol. The van der Waals surface area contributed by atoms with Gasteiger partial charge in [-0.2, -0.15) is 13.2 Å². The molecule has 1 rings (SSSR count). The van der Waals surface area contributed by atoms with E-state index in [9.17, 15) is 23.3 Å². The fraction of sp³-hybridized carbons (Fsp3) is 0.571.